The van der Waals surface area contributed by atoms with Crippen LogP contribution in [0.4, 0.5) is 0 Å². The van der Waals surface area contributed by atoms with E-state index in [0.717, 1.165) is 4.73 Å². The van der Waals surface area contributed by atoms with Crippen LogP contribution in [0.2, 0.25) is 0 Å². The molecule has 0 N–H and O–H groups in total. The average Bonchev–Trinajstić information content (AvgIpc) is 2.55. The number of rotatable bonds is 1. The Morgan fingerprint density at radius 2 is 2.18 bits per heavy atom. The van der Waals surface area contributed by atoms with Gasteiger partial charge in [0, 0.05) is 6.04 Å². The van der Waals surface area contributed by atoms with Crippen molar-refractivity contribution in [2.45, 2.75) is 31.7 Å². The van der Waals surface area contributed by atoms with Gasteiger partial charge < -0.3 is 4.57 Å². The Bertz CT molecular complexity index is 240. The van der Waals surface area contributed by atoms with E-state index in [9.17, 15) is 0 Å². The molecule has 1 aromatic rings. The Morgan fingerprint density at radius 3 is 2.73 bits per heavy atom. The first-order valence-corrected chi connectivity index (χ1v) is 4.72. The van der Waals surface area contributed by atoms with Crippen molar-refractivity contribution in [1.82, 2.24) is 14.8 Å². The van der Waals surface area contributed by atoms with E-state index in [1.807, 2.05) is 0 Å². The largest absolute Gasteiger partial charge is 0.305 e. The summed E-state index contributed by atoms with van der Waals surface area (Å²) in [6.45, 7) is 0. The second-order valence-electron chi connectivity index (χ2n) is 2.95. The summed E-state index contributed by atoms with van der Waals surface area (Å²) >= 11 is 3.37. The van der Waals surface area contributed by atoms with Crippen LogP contribution in [-0.2, 0) is 0 Å². The summed E-state index contributed by atoms with van der Waals surface area (Å²) in [5, 5.41) is 7.72. The van der Waals surface area contributed by atoms with Crippen LogP contribution < -0.4 is 0 Å². The first-order chi connectivity index (χ1) is 5.38. The van der Waals surface area contributed by atoms with E-state index >= 15 is 0 Å². The van der Waals surface area contributed by atoms with Crippen LogP contribution in [0.1, 0.15) is 31.7 Å². The Hall–Kier alpha value is -0.380. The molecule has 0 radical (unpaired) electrons. The summed E-state index contributed by atoms with van der Waals surface area (Å²) in [5.41, 5.74) is 0. The van der Waals surface area contributed by atoms with Gasteiger partial charge in [-0.05, 0) is 28.8 Å². The zero-order chi connectivity index (χ0) is 7.68. The van der Waals surface area contributed by atoms with Gasteiger partial charge in [-0.3, -0.25) is 0 Å². The summed E-state index contributed by atoms with van der Waals surface area (Å²) in [4.78, 5) is 0. The van der Waals surface area contributed by atoms with Gasteiger partial charge in [-0.25, -0.2) is 0 Å². The third-order valence-corrected chi connectivity index (χ3v) is 2.82. The second-order valence-corrected chi connectivity index (χ2v) is 3.65. The van der Waals surface area contributed by atoms with Crippen molar-refractivity contribution in [3.8, 4) is 0 Å². The van der Waals surface area contributed by atoms with Gasteiger partial charge in [0.2, 0.25) is 0 Å². The SMILES string of the molecule is Brc1nncn1C1CCCC1. The van der Waals surface area contributed by atoms with Gasteiger partial charge in [-0.1, -0.05) is 12.8 Å². The van der Waals surface area contributed by atoms with Gasteiger partial charge in [0.25, 0.3) is 0 Å². The first kappa shape index (κ1) is 7.28. The summed E-state index contributed by atoms with van der Waals surface area (Å²) in [5.74, 6) is 0. The molecule has 0 atom stereocenters. The van der Waals surface area contributed by atoms with E-state index < -0.39 is 0 Å². The van der Waals surface area contributed by atoms with Crippen LogP contribution in [0.25, 0.3) is 0 Å². The molecule has 1 saturated carbocycles. The minimum atomic E-state index is 0.638. The molecular formula is C7H10BrN3. The van der Waals surface area contributed by atoms with Crippen molar-refractivity contribution < 1.29 is 0 Å². The van der Waals surface area contributed by atoms with Crippen LogP contribution in [-0.4, -0.2) is 14.8 Å². The highest BCUT2D eigenvalue weighted by Gasteiger charge is 2.18. The van der Waals surface area contributed by atoms with E-state index in [0.29, 0.717) is 6.04 Å². The highest BCUT2D eigenvalue weighted by Crippen LogP contribution is 2.30. The maximum Gasteiger partial charge on any atom is 0.200 e. The zero-order valence-corrected chi connectivity index (χ0v) is 7.79. The normalized spacial score (nSPS) is 19.4. The molecule has 0 aliphatic heterocycles. The molecule has 4 heteroatoms. The number of aromatic nitrogens is 3. The third kappa shape index (κ3) is 1.31. The fourth-order valence-electron chi connectivity index (χ4n) is 1.66. The van der Waals surface area contributed by atoms with Gasteiger partial charge in [0.15, 0.2) is 4.73 Å². The van der Waals surface area contributed by atoms with E-state index in [1.54, 1.807) is 6.33 Å². The van der Waals surface area contributed by atoms with Crippen molar-refractivity contribution >= 4 is 15.9 Å². The lowest BCUT2D eigenvalue weighted by atomic mass is 10.2. The quantitative estimate of drug-likeness (QED) is 0.720. The second kappa shape index (κ2) is 2.93. The zero-order valence-electron chi connectivity index (χ0n) is 6.20. The Morgan fingerprint density at radius 1 is 1.45 bits per heavy atom. The molecule has 0 bridgehead atoms. The molecular weight excluding hydrogens is 206 g/mol. The van der Waals surface area contributed by atoms with Crippen molar-refractivity contribution in [1.29, 1.82) is 0 Å². The number of hydrogen-bond donors (Lipinski definition) is 0. The molecule has 1 heterocycles. The summed E-state index contributed by atoms with van der Waals surface area (Å²) in [7, 11) is 0. The molecule has 11 heavy (non-hydrogen) atoms. The highest BCUT2D eigenvalue weighted by molar-refractivity contribution is 9.10. The molecule has 1 aromatic heterocycles. The Labute approximate surface area is 73.9 Å². The minimum absolute atomic E-state index is 0.638. The maximum absolute atomic E-state index is 3.89. The molecule has 1 aliphatic carbocycles. The van der Waals surface area contributed by atoms with E-state index in [-0.39, 0.29) is 0 Å². The third-order valence-electron chi connectivity index (χ3n) is 2.25. The van der Waals surface area contributed by atoms with Crippen molar-refractivity contribution in [3.63, 3.8) is 0 Å². The predicted molar refractivity (Wildman–Crippen MR) is 45.2 cm³/mol. The lowest BCUT2D eigenvalue weighted by molar-refractivity contribution is 0.507. The molecule has 2 rings (SSSR count). The van der Waals surface area contributed by atoms with Crippen LogP contribution in [0, 0.1) is 0 Å². The molecule has 0 aromatic carbocycles. The van der Waals surface area contributed by atoms with E-state index in [1.165, 1.54) is 25.7 Å². The number of nitrogens with zero attached hydrogens (tertiary/aromatic N) is 3. The van der Waals surface area contributed by atoms with Gasteiger partial charge in [0.1, 0.15) is 6.33 Å². The summed E-state index contributed by atoms with van der Waals surface area (Å²) in [6, 6.07) is 0.638. The molecule has 0 saturated heterocycles. The first-order valence-electron chi connectivity index (χ1n) is 3.93. The standard InChI is InChI=1S/C7H10BrN3/c8-7-10-9-5-11(7)6-3-1-2-4-6/h5-6H,1-4H2. The minimum Gasteiger partial charge on any atom is -0.305 e. The molecule has 1 aliphatic rings. The summed E-state index contributed by atoms with van der Waals surface area (Å²) < 4.78 is 2.98. The molecule has 3 nitrogen and oxygen atoms in total. The van der Waals surface area contributed by atoms with Crippen molar-refractivity contribution in [3.05, 3.63) is 11.1 Å². The Kier molecular flexibility index (Phi) is 1.94. The van der Waals surface area contributed by atoms with Crippen LogP contribution in [0.3, 0.4) is 0 Å². The number of hydrogen-bond acceptors (Lipinski definition) is 2. The molecule has 1 fully saturated rings. The van der Waals surface area contributed by atoms with Crippen molar-refractivity contribution in [2.75, 3.05) is 0 Å². The summed E-state index contributed by atoms with van der Waals surface area (Å²) in [6.07, 6.45) is 7.04. The molecule has 0 unspecified atom stereocenters. The average molecular weight is 216 g/mol. The fourth-order valence-corrected chi connectivity index (χ4v) is 2.13. The van der Waals surface area contributed by atoms with E-state index in [4.69, 9.17) is 0 Å². The Balaban J connectivity index is 2.21. The molecule has 0 spiro atoms. The van der Waals surface area contributed by atoms with Gasteiger partial charge in [-0.15, -0.1) is 10.2 Å². The highest BCUT2D eigenvalue weighted by atomic mass is 79.9. The topological polar surface area (TPSA) is 30.7 Å². The smallest absolute Gasteiger partial charge is 0.200 e. The predicted octanol–water partition coefficient (Wildman–Crippen LogP) is 2.16. The maximum atomic E-state index is 3.89. The monoisotopic (exact) mass is 215 g/mol. The molecule has 0 amide bonds. The molecule has 60 valence electrons. The van der Waals surface area contributed by atoms with Crippen LogP contribution in [0.5, 0.6) is 0 Å². The lowest BCUT2D eigenvalue weighted by Gasteiger charge is -2.09. The van der Waals surface area contributed by atoms with Crippen LogP contribution >= 0.6 is 15.9 Å². The van der Waals surface area contributed by atoms with Gasteiger partial charge in [0.05, 0.1) is 0 Å². The van der Waals surface area contributed by atoms with E-state index in [2.05, 4.69) is 30.7 Å². The van der Waals surface area contributed by atoms with Crippen molar-refractivity contribution in [2.24, 2.45) is 0 Å². The van der Waals surface area contributed by atoms with Gasteiger partial charge in [-0.2, -0.15) is 0 Å². The van der Waals surface area contributed by atoms with Crippen LogP contribution in [0.15, 0.2) is 11.1 Å². The lowest BCUT2D eigenvalue weighted by Crippen LogP contribution is -2.02. The van der Waals surface area contributed by atoms with Gasteiger partial charge >= 0.3 is 0 Å². The fraction of sp³-hybridized carbons (Fsp3) is 0.714. The number of halogens is 1.